The molecule has 0 bridgehead atoms. The fourth-order valence-electron chi connectivity index (χ4n) is 1.76. The highest BCUT2D eigenvalue weighted by molar-refractivity contribution is 9.10. The van der Waals surface area contributed by atoms with Crippen molar-refractivity contribution in [3.8, 4) is 0 Å². The molecule has 2 N–H and O–H groups in total. The van der Waals surface area contributed by atoms with Gasteiger partial charge in [0.15, 0.2) is 0 Å². The maximum Gasteiger partial charge on any atom is 0.132 e. The summed E-state index contributed by atoms with van der Waals surface area (Å²) >= 11 is 3.54. The van der Waals surface area contributed by atoms with Gasteiger partial charge in [0.2, 0.25) is 0 Å². The lowest BCUT2D eigenvalue weighted by Gasteiger charge is -2.10. The summed E-state index contributed by atoms with van der Waals surface area (Å²) in [5.41, 5.74) is 1.20. The molecular formula is C14H17BrN4. The lowest BCUT2D eigenvalue weighted by atomic mass is 10.2. The van der Waals surface area contributed by atoms with Gasteiger partial charge >= 0.3 is 0 Å². The van der Waals surface area contributed by atoms with Gasteiger partial charge in [-0.05, 0) is 25.5 Å². The predicted octanol–water partition coefficient (Wildman–Crippen LogP) is 3.59. The standard InChI is InChI=1S/C14H17BrN4/c1-3-16-13-8-14(19-10(2)18-13)17-9-11-6-4-5-7-12(11)15/h4-8H,3,9H2,1-2H3,(H2,16,17,18,19). The zero-order valence-corrected chi connectivity index (χ0v) is 12.7. The van der Waals surface area contributed by atoms with Crippen molar-refractivity contribution in [2.75, 3.05) is 17.2 Å². The fraction of sp³-hybridized carbons (Fsp3) is 0.286. The molecule has 2 rings (SSSR count). The van der Waals surface area contributed by atoms with Crippen LogP contribution in [0.5, 0.6) is 0 Å². The molecule has 0 radical (unpaired) electrons. The molecule has 2 aromatic rings. The van der Waals surface area contributed by atoms with Crippen molar-refractivity contribution in [2.24, 2.45) is 0 Å². The molecule has 0 spiro atoms. The largest absolute Gasteiger partial charge is 0.370 e. The van der Waals surface area contributed by atoms with Crippen LogP contribution in [0.3, 0.4) is 0 Å². The van der Waals surface area contributed by atoms with E-state index in [4.69, 9.17) is 0 Å². The lowest BCUT2D eigenvalue weighted by Crippen LogP contribution is -2.06. The van der Waals surface area contributed by atoms with Crippen molar-refractivity contribution in [3.63, 3.8) is 0 Å². The van der Waals surface area contributed by atoms with E-state index in [2.05, 4.69) is 42.6 Å². The summed E-state index contributed by atoms with van der Waals surface area (Å²) in [6.45, 7) is 5.51. The summed E-state index contributed by atoms with van der Waals surface area (Å²) < 4.78 is 1.10. The quantitative estimate of drug-likeness (QED) is 0.883. The molecule has 0 aliphatic rings. The van der Waals surface area contributed by atoms with Gasteiger partial charge < -0.3 is 10.6 Å². The van der Waals surface area contributed by atoms with E-state index >= 15 is 0 Å². The van der Waals surface area contributed by atoms with Crippen molar-refractivity contribution in [1.29, 1.82) is 0 Å². The zero-order chi connectivity index (χ0) is 13.7. The van der Waals surface area contributed by atoms with Crippen LogP contribution in [-0.4, -0.2) is 16.5 Å². The summed E-state index contributed by atoms with van der Waals surface area (Å²) in [4.78, 5) is 8.71. The van der Waals surface area contributed by atoms with Crippen molar-refractivity contribution in [2.45, 2.75) is 20.4 Å². The molecule has 19 heavy (non-hydrogen) atoms. The number of halogens is 1. The Morgan fingerprint density at radius 1 is 1.11 bits per heavy atom. The van der Waals surface area contributed by atoms with Gasteiger partial charge in [-0.1, -0.05) is 34.1 Å². The van der Waals surface area contributed by atoms with Crippen LogP contribution < -0.4 is 10.6 Å². The lowest BCUT2D eigenvalue weighted by molar-refractivity contribution is 1.01. The average molecular weight is 321 g/mol. The summed E-state index contributed by atoms with van der Waals surface area (Å²) in [6, 6.07) is 10.1. The molecule has 4 nitrogen and oxygen atoms in total. The molecule has 0 amide bonds. The highest BCUT2D eigenvalue weighted by atomic mass is 79.9. The van der Waals surface area contributed by atoms with Gasteiger partial charge in [0.1, 0.15) is 17.5 Å². The number of aryl methyl sites for hydroxylation is 1. The van der Waals surface area contributed by atoms with E-state index in [1.54, 1.807) is 0 Å². The molecule has 0 saturated carbocycles. The second-order valence-electron chi connectivity index (χ2n) is 4.16. The third-order valence-electron chi connectivity index (χ3n) is 2.61. The fourth-order valence-corrected chi connectivity index (χ4v) is 2.18. The highest BCUT2D eigenvalue weighted by Gasteiger charge is 2.02. The first-order valence-electron chi connectivity index (χ1n) is 6.26. The maximum atomic E-state index is 4.38. The van der Waals surface area contributed by atoms with Gasteiger partial charge in [0, 0.05) is 23.6 Å². The van der Waals surface area contributed by atoms with E-state index in [0.29, 0.717) is 0 Å². The molecule has 100 valence electrons. The van der Waals surface area contributed by atoms with Crippen LogP contribution in [0.4, 0.5) is 11.6 Å². The van der Waals surface area contributed by atoms with Crippen LogP contribution in [0.25, 0.3) is 0 Å². The zero-order valence-electron chi connectivity index (χ0n) is 11.1. The van der Waals surface area contributed by atoms with Crippen LogP contribution in [0.1, 0.15) is 18.3 Å². The van der Waals surface area contributed by atoms with Gasteiger partial charge in [-0.2, -0.15) is 0 Å². The van der Waals surface area contributed by atoms with Crippen LogP contribution in [0.15, 0.2) is 34.8 Å². The predicted molar refractivity (Wildman–Crippen MR) is 82.4 cm³/mol. The minimum absolute atomic E-state index is 0.726. The third-order valence-corrected chi connectivity index (χ3v) is 3.39. The van der Waals surface area contributed by atoms with E-state index in [1.807, 2.05) is 38.1 Å². The highest BCUT2D eigenvalue weighted by Crippen LogP contribution is 2.18. The second kappa shape index (κ2) is 6.52. The molecule has 0 saturated heterocycles. The van der Waals surface area contributed by atoms with E-state index < -0.39 is 0 Å². The Kier molecular flexibility index (Phi) is 4.74. The van der Waals surface area contributed by atoms with Crippen LogP contribution in [0.2, 0.25) is 0 Å². The molecule has 0 aliphatic carbocycles. The molecule has 1 aromatic heterocycles. The summed E-state index contributed by atoms with van der Waals surface area (Å²) in [6.07, 6.45) is 0. The summed E-state index contributed by atoms with van der Waals surface area (Å²) in [5, 5.41) is 6.52. The molecule has 0 aliphatic heterocycles. The molecule has 0 atom stereocenters. The Labute approximate surface area is 121 Å². The number of nitrogens with zero attached hydrogens (tertiary/aromatic N) is 2. The van der Waals surface area contributed by atoms with Crippen molar-refractivity contribution < 1.29 is 0 Å². The monoisotopic (exact) mass is 320 g/mol. The summed E-state index contributed by atoms with van der Waals surface area (Å²) in [7, 11) is 0. The van der Waals surface area contributed by atoms with Crippen molar-refractivity contribution in [1.82, 2.24) is 9.97 Å². The normalized spacial score (nSPS) is 10.3. The SMILES string of the molecule is CCNc1cc(NCc2ccccc2Br)nc(C)n1. The smallest absolute Gasteiger partial charge is 0.132 e. The number of aromatic nitrogens is 2. The molecule has 1 heterocycles. The average Bonchev–Trinajstić information content (AvgIpc) is 2.37. The Hall–Kier alpha value is -1.62. The second-order valence-corrected chi connectivity index (χ2v) is 5.02. The first kappa shape index (κ1) is 13.8. The van der Waals surface area contributed by atoms with Gasteiger partial charge in [-0.15, -0.1) is 0 Å². The molecule has 0 fully saturated rings. The van der Waals surface area contributed by atoms with E-state index in [-0.39, 0.29) is 0 Å². The number of benzene rings is 1. The number of nitrogens with one attached hydrogen (secondary N) is 2. The van der Waals surface area contributed by atoms with Gasteiger partial charge in [0.25, 0.3) is 0 Å². The Bertz CT molecular complexity index is 557. The minimum Gasteiger partial charge on any atom is -0.370 e. The topological polar surface area (TPSA) is 49.8 Å². The molecule has 5 heteroatoms. The Morgan fingerprint density at radius 3 is 2.47 bits per heavy atom. The number of hydrogen-bond acceptors (Lipinski definition) is 4. The van der Waals surface area contributed by atoms with Crippen molar-refractivity contribution in [3.05, 3.63) is 46.2 Å². The number of hydrogen-bond donors (Lipinski definition) is 2. The first-order valence-corrected chi connectivity index (χ1v) is 7.05. The summed E-state index contributed by atoms with van der Waals surface area (Å²) in [5.74, 6) is 2.44. The minimum atomic E-state index is 0.726. The molecule has 0 unspecified atom stereocenters. The maximum absolute atomic E-state index is 4.38. The number of rotatable bonds is 5. The molecular weight excluding hydrogens is 304 g/mol. The Morgan fingerprint density at radius 2 is 1.79 bits per heavy atom. The van der Waals surface area contributed by atoms with Gasteiger partial charge in [-0.3, -0.25) is 0 Å². The number of anilines is 2. The van der Waals surface area contributed by atoms with Crippen molar-refractivity contribution >= 4 is 27.6 Å². The van der Waals surface area contributed by atoms with Gasteiger partial charge in [0.05, 0.1) is 0 Å². The first-order chi connectivity index (χ1) is 9.19. The van der Waals surface area contributed by atoms with Crippen LogP contribution >= 0.6 is 15.9 Å². The molecule has 1 aromatic carbocycles. The van der Waals surface area contributed by atoms with Crippen LogP contribution in [0, 0.1) is 6.92 Å². The van der Waals surface area contributed by atoms with Crippen LogP contribution in [-0.2, 0) is 6.54 Å². The van der Waals surface area contributed by atoms with Gasteiger partial charge in [-0.25, -0.2) is 9.97 Å². The van der Waals surface area contributed by atoms with E-state index in [9.17, 15) is 0 Å². The Balaban J connectivity index is 2.09. The van der Waals surface area contributed by atoms with E-state index in [0.717, 1.165) is 35.0 Å². The third kappa shape index (κ3) is 3.92. The van der Waals surface area contributed by atoms with E-state index in [1.165, 1.54) is 5.56 Å².